The number of carbonyl (C=O) groups is 1. The molecule has 4 nitrogen and oxygen atoms in total. The highest BCUT2D eigenvalue weighted by atomic mass is 35.5. The molecule has 0 heterocycles. The van der Waals surface area contributed by atoms with Crippen molar-refractivity contribution < 1.29 is 22.0 Å². The molecule has 0 radical (unpaired) electrons. The molecule has 0 atom stereocenters. The van der Waals surface area contributed by atoms with E-state index in [0.29, 0.717) is 5.56 Å². The average molecular weight is 374 g/mol. The van der Waals surface area contributed by atoms with Gasteiger partial charge in [0.05, 0.1) is 5.75 Å². The standard InChI is InChI=1S/C16H14ClF2NO3S/c17-14-2-1-3-15(19)13(14)9-24(22,23)10-16(21)20-8-11-4-6-12(18)7-5-11/h1-7H,8-10H2,(H,20,21). The number of halogens is 3. The summed E-state index contributed by atoms with van der Waals surface area (Å²) in [6, 6.07) is 9.27. The van der Waals surface area contributed by atoms with E-state index < -0.39 is 38.9 Å². The molecule has 0 bridgehead atoms. The van der Waals surface area contributed by atoms with Gasteiger partial charge in [0.2, 0.25) is 5.91 Å². The van der Waals surface area contributed by atoms with E-state index in [9.17, 15) is 22.0 Å². The molecule has 0 aliphatic rings. The van der Waals surface area contributed by atoms with E-state index in [0.717, 1.165) is 6.07 Å². The van der Waals surface area contributed by atoms with Gasteiger partial charge in [-0.3, -0.25) is 4.79 Å². The first-order chi connectivity index (χ1) is 11.3. The number of hydrogen-bond donors (Lipinski definition) is 1. The number of rotatable bonds is 6. The minimum Gasteiger partial charge on any atom is -0.351 e. The lowest BCUT2D eigenvalue weighted by molar-refractivity contribution is -0.118. The van der Waals surface area contributed by atoms with E-state index >= 15 is 0 Å². The summed E-state index contributed by atoms with van der Waals surface area (Å²) in [7, 11) is -3.89. The van der Waals surface area contributed by atoms with Gasteiger partial charge in [-0.1, -0.05) is 29.8 Å². The third kappa shape index (κ3) is 5.28. The Morgan fingerprint density at radius 1 is 1.08 bits per heavy atom. The zero-order valence-electron chi connectivity index (χ0n) is 12.4. The van der Waals surface area contributed by atoms with Gasteiger partial charge >= 0.3 is 0 Å². The van der Waals surface area contributed by atoms with E-state index in [1.807, 2.05) is 0 Å². The number of nitrogens with one attached hydrogen (secondary N) is 1. The Bertz CT molecular complexity index is 819. The van der Waals surface area contributed by atoms with Gasteiger partial charge in [0.1, 0.15) is 17.4 Å². The van der Waals surface area contributed by atoms with Crippen molar-refractivity contribution in [3.05, 3.63) is 70.2 Å². The molecule has 0 unspecified atom stereocenters. The Balaban J connectivity index is 1.96. The molecule has 1 amide bonds. The fourth-order valence-corrected chi connectivity index (χ4v) is 3.64. The van der Waals surface area contributed by atoms with Crippen LogP contribution in [0.3, 0.4) is 0 Å². The van der Waals surface area contributed by atoms with Gasteiger partial charge in [-0.25, -0.2) is 17.2 Å². The van der Waals surface area contributed by atoms with Gasteiger partial charge in [0.15, 0.2) is 9.84 Å². The van der Waals surface area contributed by atoms with Crippen molar-refractivity contribution in [2.24, 2.45) is 0 Å². The van der Waals surface area contributed by atoms with Crippen LogP contribution in [0.5, 0.6) is 0 Å². The normalized spacial score (nSPS) is 11.3. The topological polar surface area (TPSA) is 63.2 Å². The molecule has 0 aliphatic carbocycles. The van der Waals surface area contributed by atoms with E-state index in [2.05, 4.69) is 5.32 Å². The third-order valence-electron chi connectivity index (χ3n) is 3.18. The van der Waals surface area contributed by atoms with Crippen molar-refractivity contribution in [1.82, 2.24) is 5.32 Å². The smallest absolute Gasteiger partial charge is 0.235 e. The lowest BCUT2D eigenvalue weighted by atomic mass is 10.2. The summed E-state index contributed by atoms with van der Waals surface area (Å²) < 4.78 is 50.5. The molecule has 1 N–H and O–H groups in total. The number of amides is 1. The molecular formula is C16H14ClF2NO3S. The molecule has 2 aromatic rings. The van der Waals surface area contributed by atoms with Crippen molar-refractivity contribution >= 4 is 27.3 Å². The van der Waals surface area contributed by atoms with Crippen LogP contribution in [0.2, 0.25) is 5.02 Å². The molecule has 24 heavy (non-hydrogen) atoms. The van der Waals surface area contributed by atoms with Gasteiger partial charge in [-0.15, -0.1) is 0 Å². The van der Waals surface area contributed by atoms with Gasteiger partial charge in [-0.2, -0.15) is 0 Å². The summed E-state index contributed by atoms with van der Waals surface area (Å²) in [6.45, 7) is 0.0646. The van der Waals surface area contributed by atoms with Crippen LogP contribution in [0.4, 0.5) is 8.78 Å². The van der Waals surface area contributed by atoms with Crippen LogP contribution in [0.1, 0.15) is 11.1 Å². The van der Waals surface area contributed by atoms with Crippen LogP contribution in [0, 0.1) is 11.6 Å². The van der Waals surface area contributed by atoms with Crippen LogP contribution in [0.25, 0.3) is 0 Å². The second-order valence-electron chi connectivity index (χ2n) is 5.14. The molecule has 2 rings (SSSR count). The summed E-state index contributed by atoms with van der Waals surface area (Å²) in [5.74, 6) is -3.33. The molecular weight excluding hydrogens is 360 g/mol. The van der Waals surface area contributed by atoms with Gasteiger partial charge in [0, 0.05) is 17.1 Å². The summed E-state index contributed by atoms with van der Waals surface area (Å²) >= 11 is 5.79. The van der Waals surface area contributed by atoms with Crippen LogP contribution in [-0.4, -0.2) is 20.1 Å². The number of hydrogen-bond acceptors (Lipinski definition) is 3. The Morgan fingerprint density at radius 3 is 2.38 bits per heavy atom. The first-order valence-electron chi connectivity index (χ1n) is 6.91. The number of carbonyl (C=O) groups excluding carboxylic acids is 1. The molecule has 0 saturated heterocycles. The highest BCUT2D eigenvalue weighted by molar-refractivity contribution is 7.91. The summed E-state index contributed by atoms with van der Waals surface area (Å²) in [6.07, 6.45) is 0. The first-order valence-corrected chi connectivity index (χ1v) is 9.11. The van der Waals surface area contributed by atoms with Gasteiger partial charge in [-0.05, 0) is 29.8 Å². The number of benzene rings is 2. The predicted octanol–water partition coefficient (Wildman–Crippen LogP) is 2.85. The van der Waals surface area contributed by atoms with Gasteiger partial charge < -0.3 is 5.32 Å². The van der Waals surface area contributed by atoms with E-state index in [-0.39, 0.29) is 17.1 Å². The molecule has 0 aromatic heterocycles. The molecule has 2 aromatic carbocycles. The lowest BCUT2D eigenvalue weighted by Gasteiger charge is -2.08. The Hall–Kier alpha value is -1.99. The summed E-state index contributed by atoms with van der Waals surface area (Å²) in [5, 5.41) is 2.41. The van der Waals surface area contributed by atoms with E-state index in [4.69, 9.17) is 11.6 Å². The van der Waals surface area contributed by atoms with Gasteiger partial charge in [0.25, 0.3) is 0 Å². The Kier molecular flexibility index (Phi) is 5.90. The third-order valence-corrected chi connectivity index (χ3v) is 4.96. The van der Waals surface area contributed by atoms with Crippen LogP contribution < -0.4 is 5.32 Å². The van der Waals surface area contributed by atoms with Crippen molar-refractivity contribution in [3.63, 3.8) is 0 Å². The zero-order valence-corrected chi connectivity index (χ0v) is 14.0. The van der Waals surface area contributed by atoms with Crippen LogP contribution in [-0.2, 0) is 26.9 Å². The fourth-order valence-electron chi connectivity index (χ4n) is 1.99. The van der Waals surface area contributed by atoms with Crippen molar-refractivity contribution in [1.29, 1.82) is 0 Å². The van der Waals surface area contributed by atoms with Crippen LogP contribution in [0.15, 0.2) is 42.5 Å². The minimum absolute atomic E-state index is 0.00899. The molecule has 0 spiro atoms. The summed E-state index contributed by atoms with van der Waals surface area (Å²) in [4.78, 5) is 11.8. The van der Waals surface area contributed by atoms with Crippen molar-refractivity contribution in [3.8, 4) is 0 Å². The fraction of sp³-hybridized carbons (Fsp3) is 0.188. The second-order valence-corrected chi connectivity index (χ2v) is 7.61. The molecule has 0 saturated carbocycles. The maximum absolute atomic E-state index is 13.6. The highest BCUT2D eigenvalue weighted by Gasteiger charge is 2.21. The lowest BCUT2D eigenvalue weighted by Crippen LogP contribution is -2.30. The maximum atomic E-state index is 13.6. The largest absolute Gasteiger partial charge is 0.351 e. The number of sulfone groups is 1. The highest BCUT2D eigenvalue weighted by Crippen LogP contribution is 2.21. The maximum Gasteiger partial charge on any atom is 0.235 e. The molecule has 0 aliphatic heterocycles. The summed E-state index contributed by atoms with van der Waals surface area (Å²) in [5.41, 5.74) is 0.463. The van der Waals surface area contributed by atoms with Crippen molar-refractivity contribution in [2.75, 3.05) is 5.75 Å². The predicted molar refractivity (Wildman–Crippen MR) is 87.1 cm³/mol. The SMILES string of the molecule is O=C(CS(=O)(=O)Cc1c(F)cccc1Cl)NCc1ccc(F)cc1. The van der Waals surface area contributed by atoms with Crippen LogP contribution >= 0.6 is 11.6 Å². The first kappa shape index (κ1) is 18.4. The molecule has 8 heteroatoms. The quantitative estimate of drug-likeness (QED) is 0.846. The van der Waals surface area contributed by atoms with E-state index in [1.54, 1.807) is 0 Å². The minimum atomic E-state index is -3.89. The molecule has 128 valence electrons. The zero-order chi connectivity index (χ0) is 17.7. The monoisotopic (exact) mass is 373 g/mol. The Labute approximate surface area is 143 Å². The average Bonchev–Trinajstić information content (AvgIpc) is 2.50. The second kappa shape index (κ2) is 7.72. The Morgan fingerprint density at radius 2 is 1.75 bits per heavy atom. The molecule has 0 fully saturated rings. The van der Waals surface area contributed by atoms with E-state index in [1.165, 1.54) is 36.4 Å². The van der Waals surface area contributed by atoms with Crippen molar-refractivity contribution in [2.45, 2.75) is 12.3 Å².